The number of amides is 2. The van der Waals surface area contributed by atoms with E-state index in [4.69, 9.17) is 0 Å². The molecule has 2 amide bonds. The van der Waals surface area contributed by atoms with E-state index in [2.05, 4.69) is 15.3 Å². The fourth-order valence-corrected chi connectivity index (χ4v) is 2.04. The van der Waals surface area contributed by atoms with Gasteiger partial charge in [-0.3, -0.25) is 10.3 Å². The van der Waals surface area contributed by atoms with Crippen molar-refractivity contribution in [2.24, 2.45) is 0 Å². The number of carbonyl (C=O) groups is 1. The molecule has 102 valence electrons. The Bertz CT molecular complexity index is 569. The van der Waals surface area contributed by atoms with E-state index in [1.807, 2.05) is 35.2 Å². The standard InChI is InChI=1S/C15H16N4O/c20-15(18-14-6-2-4-10-17-14)19(13-7-8-13)11-12-5-1-3-9-16-12/h1-6,9-10,13H,7-8,11H2,(H,17,18,20). The number of anilines is 1. The first kappa shape index (κ1) is 12.6. The summed E-state index contributed by atoms with van der Waals surface area (Å²) in [7, 11) is 0. The molecular weight excluding hydrogens is 252 g/mol. The van der Waals surface area contributed by atoms with Crippen molar-refractivity contribution in [2.75, 3.05) is 5.32 Å². The maximum absolute atomic E-state index is 12.3. The second kappa shape index (κ2) is 5.69. The minimum atomic E-state index is -0.114. The second-order valence-corrected chi connectivity index (χ2v) is 4.83. The van der Waals surface area contributed by atoms with Crippen molar-refractivity contribution in [2.45, 2.75) is 25.4 Å². The average Bonchev–Trinajstić information content (AvgIpc) is 3.31. The van der Waals surface area contributed by atoms with Crippen LogP contribution in [0.4, 0.5) is 10.6 Å². The number of carbonyl (C=O) groups excluding carboxylic acids is 1. The molecule has 1 saturated carbocycles. The van der Waals surface area contributed by atoms with Crippen LogP contribution >= 0.6 is 0 Å². The van der Waals surface area contributed by atoms with Gasteiger partial charge >= 0.3 is 6.03 Å². The van der Waals surface area contributed by atoms with E-state index in [1.54, 1.807) is 18.5 Å². The third-order valence-corrected chi connectivity index (χ3v) is 3.21. The number of nitrogens with one attached hydrogen (secondary N) is 1. The molecule has 0 aliphatic heterocycles. The molecule has 0 bridgehead atoms. The Hall–Kier alpha value is -2.43. The molecule has 2 aromatic heterocycles. The summed E-state index contributed by atoms with van der Waals surface area (Å²) >= 11 is 0. The lowest BCUT2D eigenvalue weighted by Gasteiger charge is -2.22. The summed E-state index contributed by atoms with van der Waals surface area (Å²) in [6.07, 6.45) is 5.53. The highest BCUT2D eigenvalue weighted by Gasteiger charge is 2.32. The smallest absolute Gasteiger partial charge is 0.316 e. The summed E-state index contributed by atoms with van der Waals surface area (Å²) in [6.45, 7) is 0.532. The summed E-state index contributed by atoms with van der Waals surface area (Å²) in [6, 6.07) is 11.4. The molecule has 2 aromatic rings. The Morgan fingerprint density at radius 3 is 2.50 bits per heavy atom. The Morgan fingerprint density at radius 2 is 1.90 bits per heavy atom. The van der Waals surface area contributed by atoms with Gasteiger partial charge < -0.3 is 4.90 Å². The maximum atomic E-state index is 12.3. The van der Waals surface area contributed by atoms with Crippen LogP contribution in [0, 0.1) is 0 Å². The van der Waals surface area contributed by atoms with Crippen LogP contribution < -0.4 is 5.32 Å². The van der Waals surface area contributed by atoms with Gasteiger partial charge in [0.2, 0.25) is 0 Å². The van der Waals surface area contributed by atoms with Gasteiger partial charge in [0.25, 0.3) is 0 Å². The lowest BCUT2D eigenvalue weighted by atomic mass is 10.3. The van der Waals surface area contributed by atoms with Crippen LogP contribution in [0.1, 0.15) is 18.5 Å². The fraction of sp³-hybridized carbons (Fsp3) is 0.267. The molecule has 0 radical (unpaired) electrons. The fourth-order valence-electron chi connectivity index (χ4n) is 2.04. The Kier molecular flexibility index (Phi) is 3.58. The molecule has 0 aromatic carbocycles. The minimum Gasteiger partial charge on any atom is -0.316 e. The van der Waals surface area contributed by atoms with E-state index in [-0.39, 0.29) is 6.03 Å². The van der Waals surface area contributed by atoms with E-state index < -0.39 is 0 Å². The largest absolute Gasteiger partial charge is 0.323 e. The monoisotopic (exact) mass is 268 g/mol. The van der Waals surface area contributed by atoms with Gasteiger partial charge in [-0.2, -0.15) is 0 Å². The van der Waals surface area contributed by atoms with Gasteiger partial charge in [-0.25, -0.2) is 9.78 Å². The predicted octanol–water partition coefficient (Wildman–Crippen LogP) is 2.67. The van der Waals surface area contributed by atoms with Crippen molar-refractivity contribution in [1.82, 2.24) is 14.9 Å². The molecule has 20 heavy (non-hydrogen) atoms. The first-order chi connectivity index (χ1) is 9.83. The number of urea groups is 1. The number of aromatic nitrogens is 2. The van der Waals surface area contributed by atoms with Gasteiger partial charge in [0.1, 0.15) is 5.82 Å². The lowest BCUT2D eigenvalue weighted by Crippen LogP contribution is -2.36. The minimum absolute atomic E-state index is 0.114. The van der Waals surface area contributed by atoms with Crippen molar-refractivity contribution in [3.05, 3.63) is 54.5 Å². The van der Waals surface area contributed by atoms with Gasteiger partial charge in [0.05, 0.1) is 12.2 Å². The Balaban J connectivity index is 1.69. The van der Waals surface area contributed by atoms with E-state index in [0.717, 1.165) is 18.5 Å². The number of rotatable bonds is 4. The molecule has 3 rings (SSSR count). The quantitative estimate of drug-likeness (QED) is 0.927. The van der Waals surface area contributed by atoms with E-state index >= 15 is 0 Å². The van der Waals surface area contributed by atoms with Crippen LogP contribution in [0.5, 0.6) is 0 Å². The molecule has 0 saturated heterocycles. The number of hydrogen-bond acceptors (Lipinski definition) is 3. The highest BCUT2D eigenvalue weighted by molar-refractivity contribution is 5.88. The maximum Gasteiger partial charge on any atom is 0.323 e. The summed E-state index contributed by atoms with van der Waals surface area (Å²) < 4.78 is 0. The number of pyridine rings is 2. The average molecular weight is 268 g/mol. The van der Waals surface area contributed by atoms with Crippen LogP contribution in [-0.4, -0.2) is 26.9 Å². The molecule has 1 fully saturated rings. The van der Waals surface area contributed by atoms with Crippen molar-refractivity contribution < 1.29 is 4.79 Å². The Morgan fingerprint density at radius 1 is 1.15 bits per heavy atom. The summed E-state index contributed by atoms with van der Waals surface area (Å²) in [5, 5.41) is 2.83. The molecular formula is C15H16N4O. The van der Waals surface area contributed by atoms with Gasteiger partial charge in [-0.1, -0.05) is 12.1 Å². The second-order valence-electron chi connectivity index (χ2n) is 4.83. The molecule has 1 aliphatic carbocycles. The highest BCUT2D eigenvalue weighted by Crippen LogP contribution is 2.28. The van der Waals surface area contributed by atoms with Crippen LogP contribution in [0.2, 0.25) is 0 Å². The summed E-state index contributed by atoms with van der Waals surface area (Å²) in [5.41, 5.74) is 0.899. The van der Waals surface area contributed by atoms with Gasteiger partial charge in [0.15, 0.2) is 0 Å². The number of nitrogens with zero attached hydrogens (tertiary/aromatic N) is 3. The topological polar surface area (TPSA) is 58.1 Å². The zero-order valence-electron chi connectivity index (χ0n) is 11.1. The third kappa shape index (κ3) is 3.12. The number of hydrogen-bond donors (Lipinski definition) is 1. The van der Waals surface area contributed by atoms with E-state index in [0.29, 0.717) is 18.4 Å². The van der Waals surface area contributed by atoms with Crippen molar-refractivity contribution in [3.63, 3.8) is 0 Å². The van der Waals surface area contributed by atoms with Crippen LogP contribution in [0.25, 0.3) is 0 Å². The molecule has 2 heterocycles. The highest BCUT2D eigenvalue weighted by atomic mass is 16.2. The van der Waals surface area contributed by atoms with E-state index in [1.165, 1.54) is 0 Å². The predicted molar refractivity (Wildman–Crippen MR) is 76.1 cm³/mol. The summed E-state index contributed by atoms with van der Waals surface area (Å²) in [5.74, 6) is 0.573. The van der Waals surface area contributed by atoms with Crippen LogP contribution in [0.15, 0.2) is 48.8 Å². The normalized spacial score (nSPS) is 13.8. The first-order valence-electron chi connectivity index (χ1n) is 6.71. The van der Waals surface area contributed by atoms with Crippen molar-refractivity contribution in [1.29, 1.82) is 0 Å². The molecule has 0 spiro atoms. The zero-order valence-corrected chi connectivity index (χ0v) is 11.1. The van der Waals surface area contributed by atoms with Crippen molar-refractivity contribution >= 4 is 11.8 Å². The van der Waals surface area contributed by atoms with Gasteiger partial charge in [-0.15, -0.1) is 0 Å². The van der Waals surface area contributed by atoms with Crippen LogP contribution in [0.3, 0.4) is 0 Å². The first-order valence-corrected chi connectivity index (χ1v) is 6.71. The van der Waals surface area contributed by atoms with Crippen molar-refractivity contribution in [3.8, 4) is 0 Å². The summed E-state index contributed by atoms with van der Waals surface area (Å²) in [4.78, 5) is 22.6. The molecule has 5 heteroatoms. The lowest BCUT2D eigenvalue weighted by molar-refractivity contribution is 0.205. The molecule has 0 unspecified atom stereocenters. The van der Waals surface area contributed by atoms with Gasteiger partial charge in [-0.05, 0) is 37.1 Å². The van der Waals surface area contributed by atoms with Gasteiger partial charge in [0, 0.05) is 18.4 Å². The zero-order chi connectivity index (χ0) is 13.8. The Labute approximate surface area is 117 Å². The molecule has 1 aliphatic rings. The molecule has 1 N–H and O–H groups in total. The molecule has 0 atom stereocenters. The molecule has 5 nitrogen and oxygen atoms in total. The SMILES string of the molecule is O=C(Nc1ccccn1)N(Cc1ccccn1)C1CC1. The third-order valence-electron chi connectivity index (χ3n) is 3.21. The van der Waals surface area contributed by atoms with E-state index in [9.17, 15) is 4.79 Å². The van der Waals surface area contributed by atoms with Crippen LogP contribution in [-0.2, 0) is 6.54 Å².